The number of hydrogen-bond donors (Lipinski definition) is 0. The van der Waals surface area contributed by atoms with E-state index in [1.165, 1.54) is 70.6 Å². The summed E-state index contributed by atoms with van der Waals surface area (Å²) < 4.78 is 16.8. The highest BCUT2D eigenvalue weighted by atomic mass is 16.6. The van der Waals surface area contributed by atoms with Crippen molar-refractivity contribution in [2.24, 2.45) is 0 Å². The Kier molecular flexibility index (Phi) is 56.0. The fourth-order valence-electron chi connectivity index (χ4n) is 7.58. The maximum absolute atomic E-state index is 12.9. The number of ether oxygens (including phenoxy) is 3. The zero-order chi connectivity index (χ0) is 52.9. The van der Waals surface area contributed by atoms with Crippen LogP contribution < -0.4 is 0 Å². The third kappa shape index (κ3) is 58.1. The van der Waals surface area contributed by atoms with Crippen LogP contribution in [0.15, 0.2) is 146 Å². The van der Waals surface area contributed by atoms with Gasteiger partial charge < -0.3 is 14.2 Å². The molecule has 0 N–H and O–H groups in total. The average Bonchev–Trinajstić information content (AvgIpc) is 3.39. The maximum atomic E-state index is 12.9. The number of carbonyl (C=O) groups is 3. The molecule has 0 aliphatic carbocycles. The van der Waals surface area contributed by atoms with Crippen molar-refractivity contribution < 1.29 is 28.6 Å². The summed E-state index contributed by atoms with van der Waals surface area (Å²) >= 11 is 0. The number of rotatable bonds is 51. The van der Waals surface area contributed by atoms with Gasteiger partial charge in [0, 0.05) is 12.8 Å². The Morgan fingerprint density at radius 2 is 0.548 bits per heavy atom. The van der Waals surface area contributed by atoms with Gasteiger partial charge in [-0.25, -0.2) is 0 Å². The van der Waals surface area contributed by atoms with Crippen molar-refractivity contribution in [2.45, 2.75) is 245 Å². The molecule has 410 valence electrons. The molecule has 0 aliphatic heterocycles. The molecule has 0 aromatic carbocycles. The summed E-state index contributed by atoms with van der Waals surface area (Å²) in [5.41, 5.74) is 0. The SMILES string of the molecule is CC/C=C\C/C=C\C/C=C\C/C=C\C/C=C\CC(=O)OCC(COC(=O)CCCCCCCCCCCC/C=C\C/C=C\C/C=C\C/C=C\CC)OC(=O)CCCCCCCCC/C=C\C/C=C\C/C=C\CC. The lowest BCUT2D eigenvalue weighted by Crippen LogP contribution is -2.30. The number of unbranched alkanes of at least 4 members (excludes halogenated alkanes) is 17. The van der Waals surface area contributed by atoms with E-state index in [1.807, 2.05) is 6.08 Å². The highest BCUT2D eigenvalue weighted by Gasteiger charge is 2.19. The van der Waals surface area contributed by atoms with Gasteiger partial charge in [0.05, 0.1) is 6.42 Å². The van der Waals surface area contributed by atoms with Crippen LogP contribution in [0.5, 0.6) is 0 Å². The van der Waals surface area contributed by atoms with Gasteiger partial charge in [-0.05, 0) is 116 Å². The summed E-state index contributed by atoms with van der Waals surface area (Å²) in [5, 5.41) is 0. The molecule has 73 heavy (non-hydrogen) atoms. The number of esters is 3. The first-order chi connectivity index (χ1) is 36.0. The molecule has 1 atom stereocenters. The first-order valence-electron chi connectivity index (χ1n) is 29.3. The monoisotopic (exact) mass is 1010 g/mol. The second kappa shape index (κ2) is 59.8. The van der Waals surface area contributed by atoms with Crippen LogP contribution in [0.25, 0.3) is 0 Å². The zero-order valence-corrected chi connectivity index (χ0v) is 46.8. The lowest BCUT2D eigenvalue weighted by atomic mass is 10.1. The molecule has 0 rings (SSSR count). The third-order valence-electron chi connectivity index (χ3n) is 11.9. The maximum Gasteiger partial charge on any atom is 0.309 e. The molecular weight excluding hydrogens is 901 g/mol. The predicted octanol–water partition coefficient (Wildman–Crippen LogP) is 20.0. The molecule has 1 unspecified atom stereocenters. The fraction of sp³-hybridized carbons (Fsp3) is 0.597. The van der Waals surface area contributed by atoms with Gasteiger partial charge in [0.15, 0.2) is 6.10 Å². The van der Waals surface area contributed by atoms with E-state index in [0.717, 1.165) is 128 Å². The number of carbonyl (C=O) groups excluding carboxylic acids is 3. The Labute approximate surface area is 448 Å². The molecule has 0 amide bonds. The average molecular weight is 1010 g/mol. The molecule has 0 fully saturated rings. The van der Waals surface area contributed by atoms with Crippen LogP contribution in [-0.2, 0) is 28.6 Å². The summed E-state index contributed by atoms with van der Waals surface area (Å²) in [6, 6.07) is 0. The van der Waals surface area contributed by atoms with Crippen LogP contribution in [0.2, 0.25) is 0 Å². The van der Waals surface area contributed by atoms with Gasteiger partial charge in [-0.2, -0.15) is 0 Å². The van der Waals surface area contributed by atoms with Crippen LogP contribution in [0, 0.1) is 0 Å². The fourth-order valence-corrected chi connectivity index (χ4v) is 7.58. The van der Waals surface area contributed by atoms with E-state index in [9.17, 15) is 14.4 Å². The van der Waals surface area contributed by atoms with Crippen LogP contribution in [0.1, 0.15) is 239 Å². The Balaban J connectivity index is 4.48. The molecule has 0 saturated carbocycles. The van der Waals surface area contributed by atoms with E-state index in [4.69, 9.17) is 14.2 Å². The minimum absolute atomic E-state index is 0.118. The lowest BCUT2D eigenvalue weighted by Gasteiger charge is -2.18. The quantitative estimate of drug-likeness (QED) is 0.0261. The first kappa shape index (κ1) is 68.3. The van der Waals surface area contributed by atoms with Crippen molar-refractivity contribution in [2.75, 3.05) is 13.2 Å². The van der Waals surface area contributed by atoms with E-state index >= 15 is 0 Å². The van der Waals surface area contributed by atoms with Gasteiger partial charge >= 0.3 is 17.9 Å². The topological polar surface area (TPSA) is 78.9 Å². The molecule has 0 radical (unpaired) electrons. The molecule has 0 aromatic heterocycles. The van der Waals surface area contributed by atoms with Gasteiger partial charge in [0.1, 0.15) is 13.2 Å². The largest absolute Gasteiger partial charge is 0.462 e. The second-order valence-electron chi connectivity index (χ2n) is 18.8. The van der Waals surface area contributed by atoms with Gasteiger partial charge in [-0.3, -0.25) is 14.4 Å². The van der Waals surface area contributed by atoms with Crippen molar-refractivity contribution >= 4 is 17.9 Å². The highest BCUT2D eigenvalue weighted by molar-refractivity contribution is 5.72. The van der Waals surface area contributed by atoms with E-state index in [0.29, 0.717) is 12.8 Å². The van der Waals surface area contributed by atoms with Crippen molar-refractivity contribution in [1.82, 2.24) is 0 Å². The molecule has 6 heteroatoms. The van der Waals surface area contributed by atoms with E-state index in [1.54, 1.807) is 6.08 Å². The van der Waals surface area contributed by atoms with Crippen LogP contribution >= 0.6 is 0 Å². The Bertz CT molecular complexity index is 1630. The van der Waals surface area contributed by atoms with Gasteiger partial charge in [0.25, 0.3) is 0 Å². The van der Waals surface area contributed by atoms with E-state index < -0.39 is 12.1 Å². The van der Waals surface area contributed by atoms with Crippen molar-refractivity contribution in [3.8, 4) is 0 Å². The van der Waals surface area contributed by atoms with Gasteiger partial charge in [-0.15, -0.1) is 0 Å². The minimum Gasteiger partial charge on any atom is -0.462 e. The smallest absolute Gasteiger partial charge is 0.309 e. The van der Waals surface area contributed by atoms with Crippen LogP contribution in [-0.4, -0.2) is 37.2 Å². The minimum atomic E-state index is -0.832. The van der Waals surface area contributed by atoms with Crippen molar-refractivity contribution in [1.29, 1.82) is 0 Å². The molecule has 0 bridgehead atoms. The first-order valence-corrected chi connectivity index (χ1v) is 29.3. The zero-order valence-electron chi connectivity index (χ0n) is 46.8. The highest BCUT2D eigenvalue weighted by Crippen LogP contribution is 2.14. The van der Waals surface area contributed by atoms with Crippen LogP contribution in [0.4, 0.5) is 0 Å². The molecule has 0 aromatic rings. The Morgan fingerprint density at radius 3 is 0.890 bits per heavy atom. The summed E-state index contributed by atoms with van der Waals surface area (Å²) in [4.78, 5) is 38.2. The van der Waals surface area contributed by atoms with Gasteiger partial charge in [-0.1, -0.05) is 250 Å². The van der Waals surface area contributed by atoms with Crippen molar-refractivity contribution in [3.05, 3.63) is 146 Å². The van der Waals surface area contributed by atoms with Gasteiger partial charge in [0.2, 0.25) is 0 Å². The Hall–Kier alpha value is -4.71. The summed E-state index contributed by atoms with van der Waals surface area (Å²) in [5.74, 6) is -1.07. The lowest BCUT2D eigenvalue weighted by molar-refractivity contribution is -0.166. The summed E-state index contributed by atoms with van der Waals surface area (Å²) in [6.45, 7) is 6.20. The predicted molar refractivity (Wildman–Crippen MR) is 315 cm³/mol. The molecule has 0 spiro atoms. The molecular formula is C67H106O6. The normalized spacial score (nSPS) is 13.2. The molecule has 6 nitrogen and oxygen atoms in total. The molecule has 0 aliphatic rings. The number of allylic oxidation sites excluding steroid dienone is 23. The standard InChI is InChI=1S/C67H106O6/c1-4-7-10-13-16-19-22-25-28-30-31-32-33-34-35-37-39-42-45-48-51-54-57-60-66(69)72-63-64(62-71-65(68)59-56-53-50-47-44-41-38-27-24-21-18-15-12-9-6-3)73-67(70)61-58-55-52-49-46-43-40-36-29-26-23-20-17-14-11-8-5-2/h7-12,16-21,25-29,31-32,38,44,47,53,56,64H,4-6,13-15,22-24,30,33-37,39-43,45-46,48-52,54-55,57-63H2,1-3H3/b10-7-,11-8-,12-9-,19-16-,20-17-,21-18-,28-25-,29-26-,32-31-,38-27-,47-44-,56-53-. The third-order valence-corrected chi connectivity index (χ3v) is 11.9. The molecule has 0 heterocycles. The summed E-state index contributed by atoms with van der Waals surface area (Å²) in [7, 11) is 0. The van der Waals surface area contributed by atoms with E-state index in [2.05, 4.69) is 154 Å². The van der Waals surface area contributed by atoms with Crippen molar-refractivity contribution in [3.63, 3.8) is 0 Å². The molecule has 0 saturated heterocycles. The Morgan fingerprint density at radius 1 is 0.288 bits per heavy atom. The number of hydrogen-bond acceptors (Lipinski definition) is 6. The summed E-state index contributed by atoms with van der Waals surface area (Å²) in [6.07, 6.45) is 85.8. The van der Waals surface area contributed by atoms with E-state index in [-0.39, 0.29) is 31.6 Å². The second-order valence-corrected chi connectivity index (χ2v) is 18.8. The van der Waals surface area contributed by atoms with Crippen LogP contribution in [0.3, 0.4) is 0 Å².